The van der Waals surface area contributed by atoms with Crippen molar-refractivity contribution in [1.82, 2.24) is 9.88 Å². The van der Waals surface area contributed by atoms with E-state index in [2.05, 4.69) is 4.98 Å². The quantitative estimate of drug-likeness (QED) is 0.601. The number of methoxy groups -OCH3 is 1. The molecule has 5 nitrogen and oxygen atoms in total. The summed E-state index contributed by atoms with van der Waals surface area (Å²) in [6, 6.07) is 7.09. The van der Waals surface area contributed by atoms with Crippen molar-refractivity contribution in [3.8, 4) is 5.75 Å². The monoisotopic (exact) mass is 383 g/mol. The normalized spacial score (nSPS) is 14.4. The van der Waals surface area contributed by atoms with Gasteiger partial charge in [0.1, 0.15) is 11.4 Å². The highest BCUT2D eigenvalue weighted by Crippen LogP contribution is 2.27. The zero-order valence-corrected chi connectivity index (χ0v) is 14.5. The van der Waals surface area contributed by atoms with Crippen LogP contribution in [0.15, 0.2) is 24.3 Å². The maximum atomic E-state index is 13.9. The van der Waals surface area contributed by atoms with Gasteiger partial charge in [-0.25, -0.2) is 0 Å². The Morgan fingerprint density at radius 2 is 1.70 bits per heavy atom. The fraction of sp³-hybridized carbons (Fsp3) is 0.333. The van der Waals surface area contributed by atoms with Crippen LogP contribution < -0.4 is 9.64 Å². The van der Waals surface area contributed by atoms with Crippen LogP contribution >= 0.6 is 0 Å². The lowest BCUT2D eigenvalue weighted by Crippen LogP contribution is -2.49. The molecule has 2 aromatic rings. The average Bonchev–Trinajstić information content (AvgIpc) is 2.67. The third-order valence-electron chi connectivity index (χ3n) is 4.41. The van der Waals surface area contributed by atoms with Gasteiger partial charge >= 0.3 is 0 Å². The molecule has 1 fully saturated rings. The molecule has 1 amide bonds. The van der Waals surface area contributed by atoms with E-state index in [0.717, 1.165) is 5.56 Å². The van der Waals surface area contributed by atoms with Crippen LogP contribution in [0, 0.1) is 23.5 Å². The van der Waals surface area contributed by atoms with E-state index in [1.54, 1.807) is 29.2 Å². The summed E-state index contributed by atoms with van der Waals surface area (Å²) in [5, 5.41) is 0. The lowest BCUT2D eigenvalue weighted by atomic mass is 10.1. The van der Waals surface area contributed by atoms with Crippen LogP contribution in [0.1, 0.15) is 5.56 Å². The van der Waals surface area contributed by atoms with E-state index in [-0.39, 0.29) is 38.5 Å². The molecule has 0 N–H and O–H groups in total. The Morgan fingerprint density at radius 3 is 2.30 bits per heavy atom. The van der Waals surface area contributed by atoms with Gasteiger partial charge in [-0.3, -0.25) is 4.79 Å². The number of halogens is 4. The Hall–Kier alpha value is -2.84. The van der Waals surface area contributed by atoms with Crippen LogP contribution in [0.2, 0.25) is 0 Å². The maximum absolute atomic E-state index is 13.9. The van der Waals surface area contributed by atoms with Crippen molar-refractivity contribution in [2.45, 2.75) is 6.42 Å². The van der Waals surface area contributed by atoms with Crippen LogP contribution in [0.5, 0.6) is 5.75 Å². The minimum absolute atomic E-state index is 0.0422. The van der Waals surface area contributed by atoms with Gasteiger partial charge in [0.25, 0.3) is 11.9 Å². The van der Waals surface area contributed by atoms with Gasteiger partial charge in [-0.15, -0.1) is 0 Å². The van der Waals surface area contributed by atoms with Gasteiger partial charge in [0, 0.05) is 26.2 Å². The van der Waals surface area contributed by atoms with E-state index in [1.165, 1.54) is 12.0 Å². The van der Waals surface area contributed by atoms with E-state index >= 15 is 0 Å². The molecule has 27 heavy (non-hydrogen) atoms. The van der Waals surface area contributed by atoms with Gasteiger partial charge in [-0.2, -0.15) is 22.5 Å². The first-order valence-electron chi connectivity index (χ1n) is 8.26. The Kier molecular flexibility index (Phi) is 5.48. The van der Waals surface area contributed by atoms with Crippen LogP contribution in [0.4, 0.5) is 23.2 Å². The van der Waals surface area contributed by atoms with Gasteiger partial charge in [-0.1, -0.05) is 12.1 Å². The zero-order valence-electron chi connectivity index (χ0n) is 14.5. The van der Waals surface area contributed by atoms with Crippen molar-refractivity contribution in [2.75, 3.05) is 38.2 Å². The highest BCUT2D eigenvalue weighted by molar-refractivity contribution is 5.79. The Morgan fingerprint density at radius 1 is 1.07 bits per heavy atom. The first-order chi connectivity index (χ1) is 12.9. The molecule has 3 rings (SSSR count). The number of carbonyl (C=O) groups is 1. The number of anilines is 1. The number of nitrogens with zero attached hydrogens (tertiary/aromatic N) is 3. The van der Waals surface area contributed by atoms with Gasteiger partial charge in [0.05, 0.1) is 13.5 Å². The third-order valence-corrected chi connectivity index (χ3v) is 4.41. The second kappa shape index (κ2) is 7.81. The molecule has 144 valence electrons. The summed E-state index contributed by atoms with van der Waals surface area (Å²) in [4.78, 5) is 17.7. The highest BCUT2D eigenvalue weighted by atomic mass is 19.2. The molecule has 1 aromatic heterocycles. The summed E-state index contributed by atoms with van der Waals surface area (Å²) in [7, 11) is 1.53. The highest BCUT2D eigenvalue weighted by Gasteiger charge is 2.29. The van der Waals surface area contributed by atoms with Gasteiger partial charge in [0.15, 0.2) is 0 Å². The van der Waals surface area contributed by atoms with Crippen LogP contribution in [0.25, 0.3) is 0 Å². The minimum Gasteiger partial charge on any atom is -0.497 e. The summed E-state index contributed by atoms with van der Waals surface area (Å²) in [5.41, 5.74) is -0.0166. The van der Waals surface area contributed by atoms with E-state index in [1.807, 2.05) is 0 Å². The van der Waals surface area contributed by atoms with E-state index in [4.69, 9.17) is 4.74 Å². The molecular formula is C18H17F4N3O2. The van der Waals surface area contributed by atoms with Crippen molar-refractivity contribution in [3.05, 3.63) is 53.4 Å². The number of hydrogen-bond acceptors (Lipinski definition) is 4. The second-order valence-corrected chi connectivity index (χ2v) is 6.07. The van der Waals surface area contributed by atoms with Crippen molar-refractivity contribution >= 4 is 11.6 Å². The van der Waals surface area contributed by atoms with Gasteiger partial charge < -0.3 is 14.5 Å². The van der Waals surface area contributed by atoms with Gasteiger partial charge in [0.2, 0.25) is 17.5 Å². The molecule has 1 saturated heterocycles. The molecule has 0 spiro atoms. The zero-order chi connectivity index (χ0) is 19.6. The van der Waals surface area contributed by atoms with Crippen LogP contribution in [0.3, 0.4) is 0 Å². The van der Waals surface area contributed by atoms with E-state index < -0.39 is 29.2 Å². The molecule has 0 atom stereocenters. The number of benzene rings is 1. The molecule has 0 saturated carbocycles. The fourth-order valence-electron chi connectivity index (χ4n) is 3.00. The lowest BCUT2D eigenvalue weighted by Gasteiger charge is -2.36. The molecular weight excluding hydrogens is 366 g/mol. The Balaban J connectivity index is 1.66. The van der Waals surface area contributed by atoms with E-state index in [9.17, 15) is 22.4 Å². The van der Waals surface area contributed by atoms with Crippen LogP contribution in [-0.4, -0.2) is 49.1 Å². The summed E-state index contributed by atoms with van der Waals surface area (Å²) in [5.74, 6) is -5.98. The second-order valence-electron chi connectivity index (χ2n) is 6.07. The number of hydrogen-bond donors (Lipinski definition) is 0. The molecule has 0 bridgehead atoms. The van der Waals surface area contributed by atoms with E-state index in [0.29, 0.717) is 5.75 Å². The number of pyridine rings is 1. The number of piperazine rings is 1. The lowest BCUT2D eigenvalue weighted by molar-refractivity contribution is -0.130. The van der Waals surface area contributed by atoms with Crippen molar-refractivity contribution in [1.29, 1.82) is 0 Å². The topological polar surface area (TPSA) is 45.7 Å². The van der Waals surface area contributed by atoms with Gasteiger partial charge in [-0.05, 0) is 17.7 Å². The van der Waals surface area contributed by atoms with Crippen molar-refractivity contribution < 1.29 is 27.1 Å². The molecule has 9 heteroatoms. The fourth-order valence-corrected chi connectivity index (χ4v) is 3.00. The maximum Gasteiger partial charge on any atom is 0.253 e. The smallest absolute Gasteiger partial charge is 0.253 e. The van der Waals surface area contributed by atoms with Crippen molar-refractivity contribution in [2.24, 2.45) is 0 Å². The van der Waals surface area contributed by atoms with Crippen molar-refractivity contribution in [3.63, 3.8) is 0 Å². The molecule has 0 aliphatic carbocycles. The first-order valence-corrected chi connectivity index (χ1v) is 8.26. The average molecular weight is 383 g/mol. The number of amides is 1. The number of carbonyl (C=O) groups excluding carboxylic acids is 1. The third kappa shape index (κ3) is 3.96. The SMILES string of the molecule is COc1cccc(CC(=O)N2CCN(c3c(F)c(F)nc(F)c3F)CC2)c1. The summed E-state index contributed by atoms with van der Waals surface area (Å²) in [6.07, 6.45) is 0.151. The predicted molar refractivity (Wildman–Crippen MR) is 89.6 cm³/mol. The Bertz CT molecular complexity index is 828. The number of rotatable bonds is 4. The summed E-state index contributed by atoms with van der Waals surface area (Å²) >= 11 is 0. The molecule has 1 aliphatic rings. The molecule has 0 radical (unpaired) electrons. The summed E-state index contributed by atoms with van der Waals surface area (Å²) < 4.78 is 59.4. The molecule has 1 aliphatic heterocycles. The largest absolute Gasteiger partial charge is 0.497 e. The Labute approximate surface area is 153 Å². The van der Waals surface area contributed by atoms with Crippen LogP contribution in [-0.2, 0) is 11.2 Å². The minimum atomic E-state index is -1.69. The molecule has 0 unspecified atom stereocenters. The molecule has 1 aromatic carbocycles. The standard InChI is InChI=1S/C18H17F4N3O2/c1-27-12-4-2-3-11(9-12)10-13(26)24-5-7-25(8-6-24)16-14(19)17(21)23-18(22)15(16)20/h2-4,9H,5-8,10H2,1H3. The molecule has 2 heterocycles. The predicted octanol–water partition coefficient (Wildman–Crippen LogP) is 2.54. The summed E-state index contributed by atoms with van der Waals surface area (Å²) in [6.45, 7) is 0.432. The number of ether oxygens (including phenoxy) is 1. The number of aromatic nitrogens is 1. The first kappa shape index (κ1) is 18.9.